The Morgan fingerprint density at radius 3 is 2.70 bits per heavy atom. The molecule has 1 aromatic carbocycles. The van der Waals surface area contributed by atoms with Crippen LogP contribution in [0, 0.1) is 5.82 Å². The fourth-order valence-electron chi connectivity index (χ4n) is 1.66. The van der Waals surface area contributed by atoms with Crippen molar-refractivity contribution in [2.24, 2.45) is 5.10 Å². The van der Waals surface area contributed by atoms with E-state index in [0.29, 0.717) is 5.71 Å². The van der Waals surface area contributed by atoms with Gasteiger partial charge in [-0.05, 0) is 37.6 Å². The van der Waals surface area contributed by atoms with E-state index in [1.807, 2.05) is 19.1 Å². The Balaban J connectivity index is 2.09. The minimum absolute atomic E-state index is 0.00974. The van der Waals surface area contributed by atoms with Crippen molar-refractivity contribution >= 4 is 23.0 Å². The topological polar surface area (TPSA) is 41.5 Å². The first-order valence-corrected chi connectivity index (χ1v) is 7.11. The van der Waals surface area contributed by atoms with Gasteiger partial charge < -0.3 is 0 Å². The van der Waals surface area contributed by atoms with Crippen LogP contribution in [0.25, 0.3) is 0 Å². The smallest absolute Gasteiger partial charge is 0.267 e. The minimum atomic E-state index is -0.553. The van der Waals surface area contributed by atoms with Crippen LogP contribution in [0.5, 0.6) is 0 Å². The van der Waals surface area contributed by atoms with Crippen molar-refractivity contribution < 1.29 is 9.18 Å². The zero-order valence-corrected chi connectivity index (χ0v) is 12.1. The van der Waals surface area contributed by atoms with E-state index in [4.69, 9.17) is 0 Å². The van der Waals surface area contributed by atoms with Gasteiger partial charge in [0.2, 0.25) is 0 Å². The second-order valence-corrected chi connectivity index (χ2v) is 5.41. The van der Waals surface area contributed by atoms with Crippen LogP contribution in [0.3, 0.4) is 0 Å². The summed E-state index contributed by atoms with van der Waals surface area (Å²) >= 11 is 1.64. The van der Waals surface area contributed by atoms with E-state index in [-0.39, 0.29) is 5.56 Å². The molecule has 0 saturated heterocycles. The summed E-state index contributed by atoms with van der Waals surface area (Å²) in [5, 5.41) is 4.02. The second-order valence-electron chi connectivity index (χ2n) is 4.24. The van der Waals surface area contributed by atoms with Crippen LogP contribution in [0.4, 0.5) is 4.39 Å². The van der Waals surface area contributed by atoms with Gasteiger partial charge in [0.25, 0.3) is 5.91 Å². The van der Waals surface area contributed by atoms with E-state index in [1.54, 1.807) is 23.5 Å². The summed E-state index contributed by atoms with van der Waals surface area (Å²) in [6.07, 6.45) is 0.972. The Hall–Kier alpha value is -2.01. The highest BCUT2D eigenvalue weighted by molar-refractivity contribution is 7.14. The number of carbonyl (C=O) groups is 1. The maximum absolute atomic E-state index is 13.4. The lowest BCUT2D eigenvalue weighted by Crippen LogP contribution is -2.20. The molecule has 0 spiro atoms. The third-order valence-electron chi connectivity index (χ3n) is 2.81. The molecule has 0 fully saturated rings. The van der Waals surface area contributed by atoms with Crippen LogP contribution < -0.4 is 5.43 Å². The van der Waals surface area contributed by atoms with Crippen LogP contribution in [-0.4, -0.2) is 11.6 Å². The van der Waals surface area contributed by atoms with Crippen molar-refractivity contribution in [3.05, 3.63) is 57.5 Å². The van der Waals surface area contributed by atoms with Gasteiger partial charge in [0.1, 0.15) is 5.82 Å². The molecular weight excluding hydrogens is 275 g/mol. The number of thiophene rings is 1. The molecule has 0 unspecified atom stereocenters. The van der Waals surface area contributed by atoms with Gasteiger partial charge in [0, 0.05) is 4.88 Å². The molecule has 2 rings (SSSR count). The lowest BCUT2D eigenvalue weighted by molar-refractivity contribution is 0.0951. The molecule has 20 heavy (non-hydrogen) atoms. The van der Waals surface area contributed by atoms with Crippen molar-refractivity contribution in [2.75, 3.05) is 0 Å². The number of nitrogens with one attached hydrogen (secondary N) is 1. The van der Waals surface area contributed by atoms with Crippen molar-refractivity contribution in [1.29, 1.82) is 0 Å². The highest BCUT2D eigenvalue weighted by Gasteiger charge is 2.10. The minimum Gasteiger partial charge on any atom is -0.267 e. The highest BCUT2D eigenvalue weighted by Crippen LogP contribution is 2.17. The third kappa shape index (κ3) is 3.30. The number of benzene rings is 1. The van der Waals surface area contributed by atoms with Gasteiger partial charge in [-0.15, -0.1) is 11.3 Å². The molecule has 0 bridgehead atoms. The highest BCUT2D eigenvalue weighted by atomic mass is 32.1. The SMILES string of the molecule is CCc1ccc(/C(C)=N/NC(=O)c2ccccc2F)s1. The summed E-state index contributed by atoms with van der Waals surface area (Å²) < 4.78 is 13.4. The Kier molecular flexibility index (Phi) is 4.63. The average molecular weight is 290 g/mol. The second kappa shape index (κ2) is 6.43. The van der Waals surface area contributed by atoms with Crippen LogP contribution >= 0.6 is 11.3 Å². The van der Waals surface area contributed by atoms with Crippen LogP contribution in [0.1, 0.15) is 34.0 Å². The summed E-state index contributed by atoms with van der Waals surface area (Å²) in [4.78, 5) is 14.1. The molecule has 0 aliphatic rings. The molecule has 104 valence electrons. The fraction of sp³-hybridized carbons (Fsp3) is 0.200. The van der Waals surface area contributed by atoms with Gasteiger partial charge in [-0.1, -0.05) is 19.1 Å². The summed E-state index contributed by atoms with van der Waals surface area (Å²) in [7, 11) is 0. The molecule has 1 heterocycles. The summed E-state index contributed by atoms with van der Waals surface area (Å²) in [5.41, 5.74) is 3.08. The summed E-state index contributed by atoms with van der Waals surface area (Å²) in [5.74, 6) is -1.10. The number of hydrazone groups is 1. The predicted octanol–water partition coefficient (Wildman–Crippen LogP) is 3.60. The monoisotopic (exact) mass is 290 g/mol. The largest absolute Gasteiger partial charge is 0.274 e. The fourth-order valence-corrected chi connectivity index (χ4v) is 2.55. The van der Waals surface area contributed by atoms with E-state index < -0.39 is 11.7 Å². The molecular formula is C15H15FN2OS. The Labute approximate surface area is 121 Å². The zero-order valence-electron chi connectivity index (χ0n) is 11.3. The number of amides is 1. The molecule has 1 aromatic heterocycles. The maximum atomic E-state index is 13.4. The lowest BCUT2D eigenvalue weighted by atomic mass is 10.2. The number of hydrogen-bond donors (Lipinski definition) is 1. The number of carbonyl (C=O) groups excluding carboxylic acids is 1. The first-order valence-electron chi connectivity index (χ1n) is 6.30. The standard InChI is InChI=1S/C15H15FN2OS/c1-3-11-8-9-14(20-11)10(2)17-18-15(19)12-6-4-5-7-13(12)16/h4-9H,3H2,1-2H3,(H,18,19)/b17-10+. The van der Waals surface area contributed by atoms with Crippen LogP contribution in [0.2, 0.25) is 0 Å². The molecule has 0 atom stereocenters. The van der Waals surface area contributed by atoms with Gasteiger partial charge in [0.15, 0.2) is 0 Å². The van der Waals surface area contributed by atoms with Gasteiger partial charge in [-0.2, -0.15) is 5.10 Å². The predicted molar refractivity (Wildman–Crippen MR) is 79.8 cm³/mol. The molecule has 1 amide bonds. The van der Waals surface area contributed by atoms with Gasteiger partial charge in [-0.3, -0.25) is 4.79 Å². The Bertz CT molecular complexity index is 649. The van der Waals surface area contributed by atoms with Crippen molar-refractivity contribution in [3.8, 4) is 0 Å². The molecule has 3 nitrogen and oxygen atoms in total. The average Bonchev–Trinajstić information content (AvgIpc) is 2.94. The molecule has 0 saturated carbocycles. The first kappa shape index (κ1) is 14.4. The van der Waals surface area contributed by atoms with E-state index >= 15 is 0 Å². The molecule has 0 radical (unpaired) electrons. The van der Waals surface area contributed by atoms with Crippen molar-refractivity contribution in [2.45, 2.75) is 20.3 Å². The molecule has 1 N–H and O–H groups in total. The summed E-state index contributed by atoms with van der Waals surface area (Å²) in [6.45, 7) is 3.90. The third-order valence-corrected chi connectivity index (χ3v) is 4.15. The number of nitrogens with zero attached hydrogens (tertiary/aromatic N) is 1. The number of halogens is 1. The molecule has 2 aromatic rings. The lowest BCUT2D eigenvalue weighted by Gasteiger charge is -2.02. The summed E-state index contributed by atoms with van der Waals surface area (Å²) in [6, 6.07) is 9.84. The number of aryl methyl sites for hydroxylation is 1. The normalized spacial score (nSPS) is 11.4. The van der Waals surface area contributed by atoms with Crippen molar-refractivity contribution in [3.63, 3.8) is 0 Å². The maximum Gasteiger partial charge on any atom is 0.274 e. The zero-order chi connectivity index (χ0) is 14.5. The number of rotatable bonds is 4. The van der Waals surface area contributed by atoms with E-state index in [2.05, 4.69) is 17.5 Å². The Morgan fingerprint density at radius 2 is 2.05 bits per heavy atom. The number of hydrogen-bond acceptors (Lipinski definition) is 3. The van der Waals surface area contributed by atoms with E-state index in [1.165, 1.54) is 17.0 Å². The van der Waals surface area contributed by atoms with E-state index in [0.717, 1.165) is 11.3 Å². The van der Waals surface area contributed by atoms with Gasteiger partial charge in [-0.25, -0.2) is 9.82 Å². The van der Waals surface area contributed by atoms with Crippen molar-refractivity contribution in [1.82, 2.24) is 5.43 Å². The Morgan fingerprint density at radius 1 is 1.30 bits per heavy atom. The first-order chi connectivity index (χ1) is 9.61. The molecule has 0 aliphatic carbocycles. The molecule has 5 heteroatoms. The quantitative estimate of drug-likeness (QED) is 0.678. The van der Waals surface area contributed by atoms with Crippen LogP contribution in [0.15, 0.2) is 41.5 Å². The van der Waals surface area contributed by atoms with Crippen LogP contribution in [-0.2, 0) is 6.42 Å². The molecule has 0 aliphatic heterocycles. The van der Waals surface area contributed by atoms with Gasteiger partial charge in [0.05, 0.1) is 16.2 Å². The van der Waals surface area contributed by atoms with Gasteiger partial charge >= 0.3 is 0 Å². The van der Waals surface area contributed by atoms with E-state index in [9.17, 15) is 9.18 Å².